The zero-order valence-electron chi connectivity index (χ0n) is 14.0. The summed E-state index contributed by atoms with van der Waals surface area (Å²) in [4.78, 5) is 4.87. The van der Waals surface area contributed by atoms with E-state index in [0.29, 0.717) is 5.41 Å². The molecule has 1 aromatic rings. The van der Waals surface area contributed by atoms with Gasteiger partial charge >= 0.3 is 0 Å². The highest BCUT2D eigenvalue weighted by atomic mass is 32.1. The third-order valence-corrected chi connectivity index (χ3v) is 6.55. The van der Waals surface area contributed by atoms with Crippen molar-refractivity contribution in [2.24, 2.45) is 11.3 Å². The van der Waals surface area contributed by atoms with Gasteiger partial charge in [0.15, 0.2) is 0 Å². The lowest BCUT2D eigenvalue weighted by Crippen LogP contribution is -2.43. The van der Waals surface area contributed by atoms with Crippen molar-refractivity contribution in [3.63, 3.8) is 0 Å². The molecule has 2 aliphatic rings. The molecular formula is C18H30N2S. The SMILES string of the molecule is Cc1csc(C2(NC3CC3)CCCC(C(C)(C)C)CC2)n1. The van der Waals surface area contributed by atoms with Gasteiger partial charge in [-0.1, -0.05) is 27.2 Å². The van der Waals surface area contributed by atoms with E-state index in [0.717, 1.165) is 12.0 Å². The molecule has 3 rings (SSSR count). The lowest BCUT2D eigenvalue weighted by molar-refractivity contribution is 0.205. The van der Waals surface area contributed by atoms with Crippen LogP contribution in [0, 0.1) is 18.3 Å². The van der Waals surface area contributed by atoms with Crippen molar-refractivity contribution in [2.45, 2.75) is 84.2 Å². The van der Waals surface area contributed by atoms with Gasteiger partial charge in [-0.25, -0.2) is 4.98 Å². The molecule has 1 aromatic heterocycles. The predicted octanol–water partition coefficient (Wildman–Crippen LogP) is 5.03. The molecule has 0 spiro atoms. The Balaban J connectivity index is 1.82. The van der Waals surface area contributed by atoms with Crippen LogP contribution in [-0.4, -0.2) is 11.0 Å². The average molecular weight is 307 g/mol. The zero-order chi connectivity index (χ0) is 15.1. The van der Waals surface area contributed by atoms with Crippen molar-refractivity contribution in [3.8, 4) is 0 Å². The molecule has 0 saturated heterocycles. The van der Waals surface area contributed by atoms with Crippen LogP contribution in [0.1, 0.15) is 76.4 Å². The molecule has 2 aliphatic carbocycles. The van der Waals surface area contributed by atoms with Gasteiger partial charge in [0.05, 0.1) is 5.54 Å². The smallest absolute Gasteiger partial charge is 0.113 e. The van der Waals surface area contributed by atoms with Gasteiger partial charge < -0.3 is 5.32 Å². The molecule has 2 unspecified atom stereocenters. The summed E-state index contributed by atoms with van der Waals surface area (Å²) in [5.41, 5.74) is 1.79. The summed E-state index contributed by atoms with van der Waals surface area (Å²) in [6, 6.07) is 0.750. The Labute approximate surface area is 133 Å². The molecule has 0 radical (unpaired) electrons. The first-order valence-electron chi connectivity index (χ1n) is 8.59. The first-order valence-corrected chi connectivity index (χ1v) is 9.47. The van der Waals surface area contributed by atoms with Crippen LogP contribution in [0.2, 0.25) is 0 Å². The maximum atomic E-state index is 4.87. The molecule has 0 amide bonds. The maximum Gasteiger partial charge on any atom is 0.113 e. The fraction of sp³-hybridized carbons (Fsp3) is 0.833. The van der Waals surface area contributed by atoms with E-state index in [-0.39, 0.29) is 5.54 Å². The molecule has 2 atom stereocenters. The van der Waals surface area contributed by atoms with Gasteiger partial charge in [0.25, 0.3) is 0 Å². The fourth-order valence-corrected chi connectivity index (χ4v) is 4.84. The Morgan fingerprint density at radius 2 is 1.95 bits per heavy atom. The van der Waals surface area contributed by atoms with E-state index in [1.165, 1.54) is 55.6 Å². The molecular weight excluding hydrogens is 276 g/mol. The van der Waals surface area contributed by atoms with E-state index in [1.807, 2.05) is 11.3 Å². The lowest BCUT2D eigenvalue weighted by atomic mass is 9.76. The van der Waals surface area contributed by atoms with Crippen LogP contribution >= 0.6 is 11.3 Å². The Morgan fingerprint density at radius 3 is 2.52 bits per heavy atom. The highest BCUT2D eigenvalue weighted by molar-refractivity contribution is 7.09. The van der Waals surface area contributed by atoms with Gasteiger partial charge in [-0.05, 0) is 56.8 Å². The summed E-state index contributed by atoms with van der Waals surface area (Å²) in [5, 5.41) is 7.56. The predicted molar refractivity (Wildman–Crippen MR) is 90.7 cm³/mol. The van der Waals surface area contributed by atoms with Crippen LogP contribution < -0.4 is 5.32 Å². The minimum absolute atomic E-state index is 0.167. The number of nitrogens with one attached hydrogen (secondary N) is 1. The van der Waals surface area contributed by atoms with Crippen LogP contribution in [0.25, 0.3) is 0 Å². The third-order valence-electron chi connectivity index (χ3n) is 5.39. The number of hydrogen-bond donors (Lipinski definition) is 1. The van der Waals surface area contributed by atoms with Gasteiger partial charge in [0.1, 0.15) is 5.01 Å². The molecule has 3 heteroatoms. The van der Waals surface area contributed by atoms with Gasteiger partial charge in [-0.3, -0.25) is 0 Å². The number of rotatable bonds is 3. The highest BCUT2D eigenvalue weighted by Crippen LogP contribution is 2.45. The molecule has 0 aromatic carbocycles. The fourth-order valence-electron chi connectivity index (χ4n) is 3.82. The standard InChI is InChI=1S/C18H30N2S/c1-13-12-21-16(19-13)18(20-15-7-8-15)10-5-6-14(9-11-18)17(2,3)4/h12,14-15,20H,5-11H2,1-4H3. The third kappa shape index (κ3) is 3.50. The Morgan fingerprint density at radius 1 is 1.19 bits per heavy atom. The molecule has 118 valence electrons. The van der Waals surface area contributed by atoms with E-state index in [9.17, 15) is 0 Å². The average Bonchev–Trinajstić information content (AvgIpc) is 3.14. The molecule has 0 bridgehead atoms. The van der Waals surface area contributed by atoms with Crippen molar-refractivity contribution < 1.29 is 0 Å². The molecule has 2 nitrogen and oxygen atoms in total. The minimum Gasteiger partial charge on any atom is -0.303 e. The van der Waals surface area contributed by atoms with E-state index < -0.39 is 0 Å². The van der Waals surface area contributed by atoms with Gasteiger partial charge in [-0.2, -0.15) is 0 Å². The van der Waals surface area contributed by atoms with Crippen molar-refractivity contribution >= 4 is 11.3 Å². The van der Waals surface area contributed by atoms with Crippen LogP contribution in [0.3, 0.4) is 0 Å². The van der Waals surface area contributed by atoms with Crippen LogP contribution in [0.4, 0.5) is 0 Å². The van der Waals surface area contributed by atoms with Gasteiger partial charge in [0, 0.05) is 17.1 Å². The number of aryl methyl sites for hydroxylation is 1. The first-order chi connectivity index (χ1) is 9.89. The van der Waals surface area contributed by atoms with Crippen LogP contribution in [0.5, 0.6) is 0 Å². The van der Waals surface area contributed by atoms with E-state index in [2.05, 4.69) is 38.4 Å². The first kappa shape index (κ1) is 15.5. The summed E-state index contributed by atoms with van der Waals surface area (Å²) in [6.45, 7) is 9.35. The Hall–Kier alpha value is -0.410. The van der Waals surface area contributed by atoms with E-state index in [4.69, 9.17) is 4.98 Å². The quantitative estimate of drug-likeness (QED) is 0.793. The molecule has 0 aliphatic heterocycles. The number of aromatic nitrogens is 1. The minimum atomic E-state index is 0.167. The largest absolute Gasteiger partial charge is 0.303 e. The van der Waals surface area contributed by atoms with E-state index >= 15 is 0 Å². The summed E-state index contributed by atoms with van der Waals surface area (Å²) in [5.74, 6) is 0.849. The van der Waals surface area contributed by atoms with Crippen molar-refractivity contribution in [2.75, 3.05) is 0 Å². The van der Waals surface area contributed by atoms with Gasteiger partial charge in [-0.15, -0.1) is 11.3 Å². The number of thiazole rings is 1. The molecule has 2 saturated carbocycles. The second-order valence-electron chi connectivity index (χ2n) is 8.29. The van der Waals surface area contributed by atoms with Crippen molar-refractivity contribution in [1.29, 1.82) is 0 Å². The van der Waals surface area contributed by atoms with Crippen molar-refractivity contribution in [3.05, 3.63) is 16.1 Å². The number of hydrogen-bond acceptors (Lipinski definition) is 3. The molecule has 21 heavy (non-hydrogen) atoms. The number of nitrogens with zero attached hydrogens (tertiary/aromatic N) is 1. The second-order valence-corrected chi connectivity index (χ2v) is 9.15. The summed E-state index contributed by atoms with van der Waals surface area (Å²) >= 11 is 1.87. The molecule has 1 N–H and O–H groups in total. The summed E-state index contributed by atoms with van der Waals surface area (Å²) in [7, 11) is 0. The highest BCUT2D eigenvalue weighted by Gasteiger charge is 2.42. The van der Waals surface area contributed by atoms with Crippen LogP contribution in [0.15, 0.2) is 5.38 Å². The molecule has 2 fully saturated rings. The Kier molecular flexibility index (Phi) is 4.17. The topological polar surface area (TPSA) is 24.9 Å². The summed E-state index contributed by atoms with van der Waals surface area (Å²) < 4.78 is 0. The zero-order valence-corrected chi connectivity index (χ0v) is 14.9. The van der Waals surface area contributed by atoms with Gasteiger partial charge in [0.2, 0.25) is 0 Å². The normalized spacial score (nSPS) is 31.1. The monoisotopic (exact) mass is 306 g/mol. The maximum absolute atomic E-state index is 4.87. The molecule has 1 heterocycles. The summed E-state index contributed by atoms with van der Waals surface area (Å²) in [6.07, 6.45) is 9.29. The second kappa shape index (κ2) is 5.66. The Bertz CT molecular complexity index is 484. The van der Waals surface area contributed by atoms with E-state index in [1.54, 1.807) is 0 Å². The van der Waals surface area contributed by atoms with Crippen molar-refractivity contribution in [1.82, 2.24) is 10.3 Å². The lowest BCUT2D eigenvalue weighted by Gasteiger charge is -2.34. The van der Waals surface area contributed by atoms with Crippen LogP contribution in [-0.2, 0) is 5.54 Å².